The normalized spacial score (nSPS) is 8.67. The van der Waals surface area contributed by atoms with E-state index in [1.54, 1.807) is 5.41 Å². The summed E-state index contributed by atoms with van der Waals surface area (Å²) in [5.74, 6) is 0. The lowest BCUT2D eigenvalue weighted by molar-refractivity contribution is 1.54. The maximum absolute atomic E-state index is 7.82. The monoisotopic (exact) mass is 98.0 g/mol. The molecule has 0 bridgehead atoms. The second-order valence-corrected chi connectivity index (χ2v) is 1.20. The van der Waals surface area contributed by atoms with Crippen molar-refractivity contribution < 1.29 is 0 Å². The highest BCUT2D eigenvalue weighted by molar-refractivity contribution is 8.03. The van der Waals surface area contributed by atoms with Crippen LogP contribution in [0.15, 0.2) is 11.5 Å². The fraction of sp³-hybridized carbons (Fsp3) is 0. The van der Waals surface area contributed by atoms with Crippen LogP contribution in [-0.2, 0) is 0 Å². The van der Waals surface area contributed by atoms with E-state index in [2.05, 4.69) is 6.26 Å². The second-order valence-electron chi connectivity index (χ2n) is 0.599. The quantitative estimate of drug-likeness (QED) is 0.464. The summed E-state index contributed by atoms with van der Waals surface area (Å²) in [6.45, 7) is 0. The van der Waals surface area contributed by atoms with Gasteiger partial charge in [0.1, 0.15) is 0 Å². The van der Waals surface area contributed by atoms with Crippen molar-refractivity contribution >= 4 is 11.8 Å². The van der Waals surface area contributed by atoms with E-state index in [1.165, 1.54) is 17.8 Å². The minimum atomic E-state index is 1.27. The van der Waals surface area contributed by atoms with E-state index in [9.17, 15) is 0 Å². The van der Waals surface area contributed by atoms with Gasteiger partial charge in [-0.1, -0.05) is 0 Å². The molecular formula is C4H4NS. The first kappa shape index (κ1) is 5.58. The molecule has 2 heteroatoms. The van der Waals surface area contributed by atoms with Crippen LogP contribution in [-0.4, -0.2) is 0 Å². The number of allylic oxidation sites excluding steroid dienone is 1. The molecule has 0 N–H and O–H groups in total. The van der Waals surface area contributed by atoms with Gasteiger partial charge in [-0.2, -0.15) is 5.26 Å². The molecule has 1 nitrogen and oxygen atoms in total. The Kier molecular flexibility index (Phi) is 4.26. The van der Waals surface area contributed by atoms with Crippen LogP contribution in [0.4, 0.5) is 0 Å². The smallest absolute Gasteiger partial charge is 0.0917 e. The zero-order valence-electron chi connectivity index (χ0n) is 3.22. The maximum Gasteiger partial charge on any atom is 0.0917 e. The molecular weight excluding hydrogens is 94.1 g/mol. The average Bonchev–Trinajstić information content (AvgIpc) is 1.61. The van der Waals surface area contributed by atoms with Crippen LogP contribution in [0, 0.1) is 17.6 Å². The molecule has 0 aliphatic rings. The van der Waals surface area contributed by atoms with E-state index in [-0.39, 0.29) is 0 Å². The molecule has 0 aromatic heterocycles. The summed E-state index contributed by atoms with van der Waals surface area (Å²) in [4.78, 5) is 0. The highest BCUT2D eigenvalue weighted by atomic mass is 32.2. The van der Waals surface area contributed by atoms with Gasteiger partial charge in [0.05, 0.1) is 6.07 Å². The molecule has 31 valence electrons. The Morgan fingerprint density at radius 2 is 2.50 bits per heavy atom. The average molecular weight is 98.2 g/mol. The zero-order valence-corrected chi connectivity index (χ0v) is 4.03. The Morgan fingerprint density at radius 3 is 2.67 bits per heavy atom. The van der Waals surface area contributed by atoms with E-state index in [4.69, 9.17) is 5.26 Å². The SMILES string of the molecule is [CH2]S/C=C/C#N. The Labute approximate surface area is 41.7 Å². The molecule has 0 rings (SSSR count). The number of thioether (sulfide) groups is 1. The lowest BCUT2D eigenvalue weighted by Crippen LogP contribution is -1.37. The molecule has 0 aliphatic heterocycles. The van der Waals surface area contributed by atoms with Crippen molar-refractivity contribution in [3.8, 4) is 6.07 Å². The number of nitrogens with zero attached hydrogens (tertiary/aromatic N) is 1. The standard InChI is InChI=1S/C4H4NS/c1-6-4-2-3-5/h2,4H,1H2/b4-2+. The molecule has 6 heavy (non-hydrogen) atoms. The third-order valence-corrected chi connectivity index (χ3v) is 0.567. The van der Waals surface area contributed by atoms with Crippen LogP contribution in [0.25, 0.3) is 0 Å². The third-order valence-electron chi connectivity index (χ3n) is 0.239. The van der Waals surface area contributed by atoms with Gasteiger partial charge < -0.3 is 0 Å². The van der Waals surface area contributed by atoms with Gasteiger partial charge in [0, 0.05) is 12.3 Å². The van der Waals surface area contributed by atoms with Crippen LogP contribution in [0.5, 0.6) is 0 Å². The lowest BCUT2D eigenvalue weighted by Gasteiger charge is -1.64. The zero-order chi connectivity index (χ0) is 4.83. The van der Waals surface area contributed by atoms with Crippen molar-refractivity contribution in [2.45, 2.75) is 0 Å². The van der Waals surface area contributed by atoms with Crippen LogP contribution < -0.4 is 0 Å². The fourth-order valence-electron chi connectivity index (χ4n) is 0.0785. The molecule has 0 spiro atoms. The van der Waals surface area contributed by atoms with Gasteiger partial charge in [-0.3, -0.25) is 0 Å². The van der Waals surface area contributed by atoms with Crippen molar-refractivity contribution in [3.63, 3.8) is 0 Å². The number of hydrogen-bond acceptors (Lipinski definition) is 2. The topological polar surface area (TPSA) is 23.8 Å². The largest absolute Gasteiger partial charge is 0.193 e. The molecule has 0 aliphatic carbocycles. The molecule has 0 atom stereocenters. The van der Waals surface area contributed by atoms with Gasteiger partial charge >= 0.3 is 0 Å². The molecule has 0 heterocycles. The summed E-state index contributed by atoms with van der Waals surface area (Å²) in [5, 5.41) is 9.44. The first-order valence-corrected chi connectivity index (χ1v) is 2.42. The summed E-state index contributed by atoms with van der Waals surface area (Å²) in [7, 11) is 0. The number of hydrogen-bond donors (Lipinski definition) is 0. The Balaban J connectivity index is 3.02. The fourth-order valence-corrected chi connectivity index (χ4v) is 0.236. The molecule has 0 saturated carbocycles. The van der Waals surface area contributed by atoms with E-state index in [0.29, 0.717) is 0 Å². The summed E-state index contributed by atoms with van der Waals surface area (Å²) in [6.07, 6.45) is 4.79. The predicted octanol–water partition coefficient (Wildman–Crippen LogP) is 1.55. The first-order chi connectivity index (χ1) is 2.91. The van der Waals surface area contributed by atoms with Gasteiger partial charge in [-0.15, -0.1) is 11.8 Å². The van der Waals surface area contributed by atoms with Crippen molar-refractivity contribution in [2.75, 3.05) is 0 Å². The van der Waals surface area contributed by atoms with Crippen molar-refractivity contribution in [1.29, 1.82) is 5.26 Å². The van der Waals surface area contributed by atoms with E-state index in [0.717, 1.165) is 0 Å². The third kappa shape index (κ3) is 3.58. The minimum absolute atomic E-state index is 1.27. The van der Waals surface area contributed by atoms with Crippen LogP contribution in [0.1, 0.15) is 0 Å². The summed E-state index contributed by atoms with van der Waals surface area (Å²) in [5.41, 5.74) is 0. The van der Waals surface area contributed by atoms with Crippen molar-refractivity contribution in [2.24, 2.45) is 0 Å². The van der Waals surface area contributed by atoms with Crippen molar-refractivity contribution in [1.82, 2.24) is 0 Å². The van der Waals surface area contributed by atoms with Gasteiger partial charge in [0.25, 0.3) is 0 Å². The van der Waals surface area contributed by atoms with E-state index < -0.39 is 0 Å². The Bertz CT molecular complexity index is 80.0. The number of rotatable bonds is 1. The molecule has 0 unspecified atom stereocenters. The Hall–Kier alpha value is -0.420. The minimum Gasteiger partial charge on any atom is -0.193 e. The van der Waals surface area contributed by atoms with Crippen LogP contribution in [0.2, 0.25) is 0 Å². The van der Waals surface area contributed by atoms with E-state index >= 15 is 0 Å². The second kappa shape index (κ2) is 4.58. The van der Waals surface area contributed by atoms with Crippen LogP contribution >= 0.6 is 11.8 Å². The molecule has 0 fully saturated rings. The molecule has 1 radical (unpaired) electrons. The summed E-state index contributed by atoms with van der Waals surface area (Å²) >= 11 is 1.27. The number of nitriles is 1. The predicted molar refractivity (Wildman–Crippen MR) is 27.7 cm³/mol. The van der Waals surface area contributed by atoms with Gasteiger partial charge in [0.2, 0.25) is 0 Å². The van der Waals surface area contributed by atoms with Crippen molar-refractivity contribution in [3.05, 3.63) is 17.7 Å². The van der Waals surface area contributed by atoms with Gasteiger partial charge in [-0.25, -0.2) is 0 Å². The Morgan fingerprint density at radius 1 is 1.83 bits per heavy atom. The summed E-state index contributed by atoms with van der Waals surface area (Å²) < 4.78 is 0. The molecule has 0 amide bonds. The van der Waals surface area contributed by atoms with Gasteiger partial charge in [0.15, 0.2) is 0 Å². The van der Waals surface area contributed by atoms with Crippen LogP contribution in [0.3, 0.4) is 0 Å². The highest BCUT2D eigenvalue weighted by Gasteiger charge is 1.57. The van der Waals surface area contributed by atoms with E-state index in [1.807, 2.05) is 6.07 Å². The molecule has 0 aromatic rings. The summed E-state index contributed by atoms with van der Waals surface area (Å²) in [6, 6.07) is 1.83. The van der Waals surface area contributed by atoms with Gasteiger partial charge in [-0.05, 0) is 5.41 Å². The maximum atomic E-state index is 7.82. The lowest BCUT2D eigenvalue weighted by atomic mass is 10.7. The first-order valence-electron chi connectivity index (χ1n) is 1.37. The highest BCUT2D eigenvalue weighted by Crippen LogP contribution is 1.93. The molecule has 0 saturated heterocycles. The molecule has 0 aromatic carbocycles.